The van der Waals surface area contributed by atoms with E-state index >= 15 is 0 Å². The highest BCUT2D eigenvalue weighted by Crippen LogP contribution is 2.17. The zero-order valence-electron chi connectivity index (χ0n) is 9.94. The first-order valence-corrected chi connectivity index (χ1v) is 6.37. The SMILES string of the molecule is O=C([O-])C[C@@H](NC(=S)NC1CCCCC1)C(=O)[O-]. The number of carbonyl (C=O) groups is 2. The summed E-state index contributed by atoms with van der Waals surface area (Å²) in [5.41, 5.74) is 0. The Hall–Kier alpha value is -1.37. The molecule has 2 N–H and O–H groups in total. The molecular weight excluding hydrogens is 256 g/mol. The van der Waals surface area contributed by atoms with Crippen LogP contribution in [0.3, 0.4) is 0 Å². The molecule has 0 spiro atoms. The van der Waals surface area contributed by atoms with Gasteiger partial charge in [-0.2, -0.15) is 0 Å². The summed E-state index contributed by atoms with van der Waals surface area (Å²) in [6, 6.07) is -1.14. The summed E-state index contributed by atoms with van der Waals surface area (Å²) in [6.07, 6.45) is 4.72. The number of hydrogen-bond donors (Lipinski definition) is 2. The normalized spacial score (nSPS) is 17.8. The molecule has 0 aliphatic heterocycles. The van der Waals surface area contributed by atoms with Crippen molar-refractivity contribution in [3.05, 3.63) is 0 Å². The third-order valence-electron chi connectivity index (χ3n) is 2.90. The van der Waals surface area contributed by atoms with Crippen molar-refractivity contribution >= 4 is 29.3 Å². The fourth-order valence-corrected chi connectivity index (χ4v) is 2.30. The van der Waals surface area contributed by atoms with Crippen LogP contribution in [0.4, 0.5) is 0 Å². The lowest BCUT2D eigenvalue weighted by atomic mass is 9.96. The molecule has 6 nitrogen and oxygen atoms in total. The van der Waals surface area contributed by atoms with Gasteiger partial charge in [0.2, 0.25) is 0 Å². The van der Waals surface area contributed by atoms with Crippen molar-refractivity contribution in [1.82, 2.24) is 10.6 Å². The lowest BCUT2D eigenvalue weighted by molar-refractivity contribution is -0.317. The van der Waals surface area contributed by atoms with Crippen LogP contribution >= 0.6 is 12.2 Å². The largest absolute Gasteiger partial charge is 0.550 e. The fourth-order valence-electron chi connectivity index (χ4n) is 1.99. The minimum absolute atomic E-state index is 0.150. The number of carbonyl (C=O) groups excluding carboxylic acids is 2. The number of carboxylic acids is 2. The first-order valence-electron chi connectivity index (χ1n) is 5.96. The minimum Gasteiger partial charge on any atom is -0.550 e. The van der Waals surface area contributed by atoms with Crippen molar-refractivity contribution in [2.75, 3.05) is 0 Å². The number of nitrogens with one attached hydrogen (secondary N) is 2. The van der Waals surface area contributed by atoms with Crippen LogP contribution in [0.1, 0.15) is 38.5 Å². The molecule has 1 rings (SSSR count). The molecule has 1 aliphatic rings. The van der Waals surface area contributed by atoms with Gasteiger partial charge in [0.15, 0.2) is 5.11 Å². The third kappa shape index (κ3) is 5.31. The highest BCUT2D eigenvalue weighted by atomic mass is 32.1. The van der Waals surface area contributed by atoms with Crippen LogP contribution in [0.25, 0.3) is 0 Å². The van der Waals surface area contributed by atoms with E-state index in [1.807, 2.05) is 0 Å². The van der Waals surface area contributed by atoms with Gasteiger partial charge in [-0.3, -0.25) is 0 Å². The van der Waals surface area contributed by atoms with Gasteiger partial charge in [-0.05, 0) is 25.1 Å². The predicted molar refractivity (Wildman–Crippen MR) is 64.2 cm³/mol. The van der Waals surface area contributed by atoms with Crippen LogP contribution in [0.15, 0.2) is 0 Å². The van der Waals surface area contributed by atoms with Crippen molar-refractivity contribution in [3.63, 3.8) is 0 Å². The van der Waals surface area contributed by atoms with Gasteiger partial charge in [-0.25, -0.2) is 0 Å². The minimum atomic E-state index is -1.51. The second kappa shape index (κ2) is 7.15. The summed E-state index contributed by atoms with van der Waals surface area (Å²) in [6.45, 7) is 0. The number of hydrogen-bond acceptors (Lipinski definition) is 5. The van der Waals surface area contributed by atoms with Gasteiger partial charge < -0.3 is 30.4 Å². The molecule has 0 radical (unpaired) electrons. The number of carboxylic acid groups (broad SMARTS) is 2. The first kappa shape index (κ1) is 14.7. The summed E-state index contributed by atoms with van der Waals surface area (Å²) >= 11 is 4.96. The third-order valence-corrected chi connectivity index (χ3v) is 3.14. The van der Waals surface area contributed by atoms with Gasteiger partial charge >= 0.3 is 0 Å². The van der Waals surface area contributed by atoms with Crippen LogP contribution in [0, 0.1) is 0 Å². The average molecular weight is 272 g/mol. The maximum atomic E-state index is 10.7. The summed E-state index contributed by atoms with van der Waals surface area (Å²) in [5.74, 6) is -2.97. The molecule has 102 valence electrons. The zero-order valence-corrected chi connectivity index (χ0v) is 10.8. The van der Waals surface area contributed by atoms with Crippen molar-refractivity contribution in [3.8, 4) is 0 Å². The molecule has 0 unspecified atom stereocenters. The maximum absolute atomic E-state index is 10.7. The Labute approximate surface area is 111 Å². The molecule has 0 aromatic heterocycles. The molecular formula is C11H16N2O4S-2. The van der Waals surface area contributed by atoms with E-state index in [2.05, 4.69) is 10.6 Å². The molecule has 1 fully saturated rings. The van der Waals surface area contributed by atoms with Gasteiger partial charge in [-0.15, -0.1) is 0 Å². The molecule has 0 saturated heterocycles. The summed E-state index contributed by atoms with van der Waals surface area (Å²) in [7, 11) is 0. The highest BCUT2D eigenvalue weighted by Gasteiger charge is 2.16. The Morgan fingerprint density at radius 1 is 1.22 bits per heavy atom. The zero-order chi connectivity index (χ0) is 13.5. The second-order valence-corrected chi connectivity index (χ2v) is 4.81. The molecule has 0 aromatic rings. The van der Waals surface area contributed by atoms with E-state index < -0.39 is 24.4 Å². The van der Waals surface area contributed by atoms with Crippen molar-refractivity contribution < 1.29 is 19.8 Å². The molecule has 7 heteroatoms. The van der Waals surface area contributed by atoms with Gasteiger partial charge in [-0.1, -0.05) is 19.3 Å². The summed E-state index contributed by atoms with van der Waals surface area (Å²) < 4.78 is 0. The van der Waals surface area contributed by atoms with E-state index in [0.29, 0.717) is 0 Å². The lowest BCUT2D eigenvalue weighted by Crippen LogP contribution is -2.54. The van der Waals surface area contributed by atoms with E-state index in [4.69, 9.17) is 12.2 Å². The van der Waals surface area contributed by atoms with Crippen LogP contribution in [0.5, 0.6) is 0 Å². The maximum Gasteiger partial charge on any atom is 0.167 e. The fraction of sp³-hybridized carbons (Fsp3) is 0.727. The quantitative estimate of drug-likeness (QED) is 0.560. The standard InChI is InChI=1S/C11H18N2O4S/c14-9(15)6-8(10(16)17)13-11(18)12-7-4-2-1-3-5-7/h7-8H,1-6H2,(H,14,15)(H,16,17)(H2,12,13,18)/p-2/t8-/m1/s1. The number of thiocarbonyl (C=S) groups is 1. The summed E-state index contributed by atoms with van der Waals surface area (Å²) in [5, 5.41) is 26.7. The number of rotatable bonds is 5. The van der Waals surface area contributed by atoms with E-state index in [9.17, 15) is 19.8 Å². The Kier molecular flexibility index (Phi) is 5.84. The van der Waals surface area contributed by atoms with E-state index in [1.165, 1.54) is 6.42 Å². The van der Waals surface area contributed by atoms with Crippen LogP contribution in [-0.2, 0) is 9.59 Å². The van der Waals surface area contributed by atoms with Gasteiger partial charge in [0.05, 0.1) is 12.0 Å². The Bertz CT molecular complexity index is 329. The molecule has 18 heavy (non-hydrogen) atoms. The van der Waals surface area contributed by atoms with Gasteiger partial charge in [0.1, 0.15) is 0 Å². The van der Waals surface area contributed by atoms with Crippen LogP contribution < -0.4 is 20.8 Å². The molecule has 1 aliphatic carbocycles. The van der Waals surface area contributed by atoms with Crippen molar-refractivity contribution in [1.29, 1.82) is 0 Å². The van der Waals surface area contributed by atoms with E-state index in [-0.39, 0.29) is 11.2 Å². The topological polar surface area (TPSA) is 104 Å². The predicted octanol–water partition coefficient (Wildman–Crippen LogP) is -1.96. The van der Waals surface area contributed by atoms with Crippen LogP contribution in [0.2, 0.25) is 0 Å². The highest BCUT2D eigenvalue weighted by molar-refractivity contribution is 7.80. The van der Waals surface area contributed by atoms with E-state index in [0.717, 1.165) is 25.7 Å². The average Bonchev–Trinajstić information content (AvgIpc) is 2.28. The van der Waals surface area contributed by atoms with Gasteiger partial charge in [0.25, 0.3) is 0 Å². The molecule has 1 atom stereocenters. The molecule has 0 bridgehead atoms. The Balaban J connectivity index is 2.40. The Morgan fingerprint density at radius 2 is 1.83 bits per heavy atom. The van der Waals surface area contributed by atoms with Crippen molar-refractivity contribution in [2.24, 2.45) is 0 Å². The number of aliphatic carboxylic acids is 2. The monoisotopic (exact) mass is 272 g/mol. The molecule has 1 saturated carbocycles. The molecule has 0 aromatic carbocycles. The first-order chi connectivity index (χ1) is 8.49. The van der Waals surface area contributed by atoms with Crippen LogP contribution in [-0.4, -0.2) is 29.1 Å². The Morgan fingerprint density at radius 3 is 2.33 bits per heavy atom. The smallest absolute Gasteiger partial charge is 0.167 e. The van der Waals surface area contributed by atoms with Crippen molar-refractivity contribution in [2.45, 2.75) is 50.6 Å². The summed E-state index contributed by atoms with van der Waals surface area (Å²) in [4.78, 5) is 21.1. The van der Waals surface area contributed by atoms with E-state index in [1.54, 1.807) is 0 Å². The van der Waals surface area contributed by atoms with Gasteiger partial charge in [0, 0.05) is 18.4 Å². The molecule has 0 heterocycles. The second-order valence-electron chi connectivity index (χ2n) is 4.40. The lowest BCUT2D eigenvalue weighted by Gasteiger charge is -2.27. The molecule has 0 amide bonds.